The number of fused-ring (bicyclic) bond motifs is 1. The summed E-state index contributed by atoms with van der Waals surface area (Å²) in [4.78, 5) is 16.6. The summed E-state index contributed by atoms with van der Waals surface area (Å²) < 4.78 is 28.3. The van der Waals surface area contributed by atoms with Crippen molar-refractivity contribution in [3.8, 4) is 6.07 Å². The lowest BCUT2D eigenvalue weighted by Gasteiger charge is -2.11. The average Bonchev–Trinajstić information content (AvgIpc) is 3.16. The smallest absolute Gasteiger partial charge is 0.220 e. The SMILES string of the molecule is Cc1nc2c(C#N)cnn2c(C)c1CCC(=O)NCCS(=O)(=O)NCc1ccccc1. The first-order valence-electron chi connectivity index (χ1n) is 9.82. The number of aromatic nitrogens is 3. The number of nitrogens with zero attached hydrogens (tertiary/aromatic N) is 4. The summed E-state index contributed by atoms with van der Waals surface area (Å²) in [5.41, 5.74) is 4.21. The van der Waals surface area contributed by atoms with Crippen molar-refractivity contribution in [3.05, 3.63) is 64.6 Å². The van der Waals surface area contributed by atoms with Gasteiger partial charge in [0.25, 0.3) is 0 Å². The Labute approximate surface area is 181 Å². The van der Waals surface area contributed by atoms with Crippen molar-refractivity contribution >= 4 is 21.6 Å². The van der Waals surface area contributed by atoms with E-state index in [0.29, 0.717) is 17.6 Å². The third-order valence-corrected chi connectivity index (χ3v) is 6.29. The van der Waals surface area contributed by atoms with Crippen LogP contribution in [0.3, 0.4) is 0 Å². The van der Waals surface area contributed by atoms with Crippen LogP contribution in [-0.4, -0.2) is 41.2 Å². The van der Waals surface area contributed by atoms with Gasteiger partial charge < -0.3 is 5.32 Å². The summed E-state index contributed by atoms with van der Waals surface area (Å²) in [6.45, 7) is 3.95. The fraction of sp³-hybridized carbons (Fsp3) is 0.333. The Balaban J connectivity index is 1.50. The molecule has 2 heterocycles. The van der Waals surface area contributed by atoms with Gasteiger partial charge >= 0.3 is 0 Å². The molecule has 1 aromatic carbocycles. The molecule has 9 nitrogen and oxygen atoms in total. The van der Waals surface area contributed by atoms with Crippen LogP contribution in [0.25, 0.3) is 5.65 Å². The number of benzene rings is 1. The first kappa shape index (κ1) is 22.4. The second kappa shape index (κ2) is 9.68. The van der Waals surface area contributed by atoms with E-state index in [9.17, 15) is 13.2 Å². The van der Waals surface area contributed by atoms with E-state index < -0.39 is 10.0 Å². The second-order valence-corrected chi connectivity index (χ2v) is 9.07. The minimum atomic E-state index is -3.49. The minimum absolute atomic E-state index is 0.0306. The topological polar surface area (TPSA) is 129 Å². The Bertz CT molecular complexity index is 1230. The second-order valence-electron chi connectivity index (χ2n) is 7.14. The van der Waals surface area contributed by atoms with E-state index in [-0.39, 0.29) is 31.2 Å². The van der Waals surface area contributed by atoms with Crippen molar-refractivity contribution in [2.24, 2.45) is 0 Å². The number of hydrogen-bond donors (Lipinski definition) is 2. The molecule has 0 spiro atoms. The molecule has 1 amide bonds. The first-order chi connectivity index (χ1) is 14.8. The fourth-order valence-corrected chi connectivity index (χ4v) is 4.17. The van der Waals surface area contributed by atoms with E-state index in [0.717, 1.165) is 22.5 Å². The molecule has 0 fully saturated rings. The van der Waals surface area contributed by atoms with Gasteiger partial charge in [-0.15, -0.1) is 0 Å². The van der Waals surface area contributed by atoms with E-state index in [1.807, 2.05) is 44.2 Å². The van der Waals surface area contributed by atoms with Gasteiger partial charge in [0.05, 0.1) is 11.9 Å². The average molecular weight is 441 g/mol. The molecule has 0 aliphatic rings. The summed E-state index contributed by atoms with van der Waals surface area (Å²) in [6, 6.07) is 11.3. The Kier molecular flexibility index (Phi) is 6.99. The maximum atomic E-state index is 12.2. The molecule has 31 heavy (non-hydrogen) atoms. The Morgan fingerprint density at radius 2 is 1.97 bits per heavy atom. The van der Waals surface area contributed by atoms with Gasteiger partial charge in [-0.3, -0.25) is 4.79 Å². The van der Waals surface area contributed by atoms with Crippen LogP contribution in [0.15, 0.2) is 36.5 Å². The molecule has 3 aromatic rings. The van der Waals surface area contributed by atoms with Gasteiger partial charge in [0.1, 0.15) is 11.6 Å². The Morgan fingerprint density at radius 1 is 1.23 bits per heavy atom. The molecule has 10 heteroatoms. The monoisotopic (exact) mass is 440 g/mol. The van der Waals surface area contributed by atoms with Gasteiger partial charge in [0, 0.05) is 30.9 Å². The predicted molar refractivity (Wildman–Crippen MR) is 116 cm³/mol. The van der Waals surface area contributed by atoms with Crippen molar-refractivity contribution < 1.29 is 13.2 Å². The van der Waals surface area contributed by atoms with Gasteiger partial charge in [-0.25, -0.2) is 22.6 Å². The zero-order valence-corrected chi connectivity index (χ0v) is 18.2. The molecule has 2 N–H and O–H groups in total. The summed E-state index contributed by atoms with van der Waals surface area (Å²) in [6.07, 6.45) is 2.10. The zero-order valence-electron chi connectivity index (χ0n) is 17.4. The summed E-state index contributed by atoms with van der Waals surface area (Å²) in [5, 5.41) is 16.0. The van der Waals surface area contributed by atoms with Crippen LogP contribution < -0.4 is 10.0 Å². The number of nitriles is 1. The quantitative estimate of drug-likeness (QED) is 0.517. The van der Waals surface area contributed by atoms with E-state index >= 15 is 0 Å². The van der Waals surface area contributed by atoms with Crippen molar-refractivity contribution in [1.82, 2.24) is 24.6 Å². The lowest BCUT2D eigenvalue weighted by Crippen LogP contribution is -2.34. The lowest BCUT2D eigenvalue weighted by molar-refractivity contribution is -0.120. The molecule has 0 aliphatic heterocycles. The number of nitrogens with one attached hydrogen (secondary N) is 2. The van der Waals surface area contributed by atoms with Crippen LogP contribution >= 0.6 is 0 Å². The minimum Gasteiger partial charge on any atom is -0.355 e. The van der Waals surface area contributed by atoms with E-state index in [2.05, 4.69) is 26.2 Å². The van der Waals surface area contributed by atoms with Crippen LogP contribution in [0.1, 0.15) is 34.5 Å². The van der Waals surface area contributed by atoms with E-state index in [4.69, 9.17) is 5.26 Å². The van der Waals surface area contributed by atoms with Gasteiger partial charge in [-0.05, 0) is 31.4 Å². The highest BCUT2D eigenvalue weighted by molar-refractivity contribution is 7.89. The van der Waals surface area contributed by atoms with Crippen LogP contribution in [0, 0.1) is 25.2 Å². The predicted octanol–water partition coefficient (Wildman–Crippen LogP) is 1.39. The highest BCUT2D eigenvalue weighted by Gasteiger charge is 2.15. The number of carbonyl (C=O) groups excluding carboxylic acids is 1. The van der Waals surface area contributed by atoms with E-state index in [1.165, 1.54) is 6.20 Å². The molecule has 0 bridgehead atoms. The number of rotatable bonds is 9. The summed E-state index contributed by atoms with van der Waals surface area (Å²) in [5.74, 6) is -0.434. The van der Waals surface area contributed by atoms with E-state index in [1.54, 1.807) is 4.52 Å². The van der Waals surface area contributed by atoms with Crippen molar-refractivity contribution in [2.75, 3.05) is 12.3 Å². The Hall–Kier alpha value is -3.29. The third-order valence-electron chi connectivity index (χ3n) is 4.96. The fourth-order valence-electron chi connectivity index (χ4n) is 3.26. The van der Waals surface area contributed by atoms with Crippen LogP contribution in [-0.2, 0) is 27.8 Å². The van der Waals surface area contributed by atoms with Gasteiger partial charge in [-0.2, -0.15) is 10.4 Å². The molecular formula is C21H24N6O3S. The van der Waals surface area contributed by atoms with Gasteiger partial charge in [0.2, 0.25) is 15.9 Å². The largest absolute Gasteiger partial charge is 0.355 e. The summed E-state index contributed by atoms with van der Waals surface area (Å²) >= 11 is 0. The third kappa shape index (κ3) is 5.65. The molecular weight excluding hydrogens is 416 g/mol. The molecule has 0 aliphatic carbocycles. The molecule has 0 saturated heterocycles. The first-order valence-corrected chi connectivity index (χ1v) is 11.5. The van der Waals surface area contributed by atoms with Crippen LogP contribution in [0.5, 0.6) is 0 Å². The van der Waals surface area contributed by atoms with Crippen molar-refractivity contribution in [2.45, 2.75) is 33.2 Å². The molecule has 2 aromatic heterocycles. The Morgan fingerprint density at radius 3 is 2.68 bits per heavy atom. The number of hydrogen-bond acceptors (Lipinski definition) is 6. The van der Waals surface area contributed by atoms with Gasteiger partial charge in [-0.1, -0.05) is 30.3 Å². The molecule has 0 atom stereocenters. The maximum Gasteiger partial charge on any atom is 0.220 e. The number of sulfonamides is 1. The van der Waals surface area contributed by atoms with Gasteiger partial charge in [0.15, 0.2) is 5.65 Å². The summed E-state index contributed by atoms with van der Waals surface area (Å²) in [7, 11) is -3.49. The molecule has 0 radical (unpaired) electrons. The van der Waals surface area contributed by atoms with Crippen LogP contribution in [0.2, 0.25) is 0 Å². The number of amides is 1. The normalized spacial score (nSPS) is 11.4. The molecule has 0 unspecified atom stereocenters. The standard InChI is InChI=1S/C21H24N6O3S/c1-15-19(16(2)27-21(26-15)18(12-22)14-24-27)8-9-20(28)23-10-11-31(29,30)25-13-17-6-4-3-5-7-17/h3-7,14,25H,8-11,13H2,1-2H3,(H,23,28). The molecule has 3 rings (SSSR count). The number of aryl methyl sites for hydroxylation is 2. The maximum absolute atomic E-state index is 12.2. The van der Waals surface area contributed by atoms with Crippen molar-refractivity contribution in [1.29, 1.82) is 5.26 Å². The molecule has 0 saturated carbocycles. The van der Waals surface area contributed by atoms with Crippen molar-refractivity contribution in [3.63, 3.8) is 0 Å². The molecule has 162 valence electrons. The lowest BCUT2D eigenvalue weighted by atomic mass is 10.1. The number of carbonyl (C=O) groups is 1. The van der Waals surface area contributed by atoms with Crippen LogP contribution in [0.4, 0.5) is 0 Å². The zero-order chi connectivity index (χ0) is 22.4. The highest BCUT2D eigenvalue weighted by atomic mass is 32.2. The highest BCUT2D eigenvalue weighted by Crippen LogP contribution is 2.18.